The van der Waals surface area contributed by atoms with Gasteiger partial charge in [-0.2, -0.15) is 0 Å². The van der Waals surface area contributed by atoms with Crippen molar-refractivity contribution < 1.29 is 9.59 Å². The van der Waals surface area contributed by atoms with Gasteiger partial charge in [-0.1, -0.05) is 59.1 Å². The zero-order valence-corrected chi connectivity index (χ0v) is 19.3. The molecule has 8 heteroatoms. The fraction of sp³-hybridized carbons (Fsp3) is 0.0400. The second kappa shape index (κ2) is 8.60. The molecule has 1 fully saturated rings. The van der Waals surface area contributed by atoms with E-state index in [1.165, 1.54) is 0 Å². The molecule has 1 aliphatic heterocycles. The predicted molar refractivity (Wildman–Crippen MR) is 133 cm³/mol. The Morgan fingerprint density at radius 2 is 1.61 bits per heavy atom. The first-order chi connectivity index (χ1) is 15.9. The lowest BCUT2D eigenvalue weighted by molar-refractivity contribution is -0.113. The Hall–Kier alpha value is -3.25. The van der Waals surface area contributed by atoms with Crippen molar-refractivity contribution in [2.45, 2.75) is 6.54 Å². The van der Waals surface area contributed by atoms with Gasteiger partial charge in [-0.05, 0) is 54.1 Å². The minimum atomic E-state index is -0.509. The topological polar surface area (TPSA) is 54.3 Å². The van der Waals surface area contributed by atoms with Crippen LogP contribution in [0.3, 0.4) is 0 Å². The van der Waals surface area contributed by atoms with Crippen molar-refractivity contribution >= 4 is 69.4 Å². The van der Waals surface area contributed by atoms with Crippen molar-refractivity contribution in [2.75, 3.05) is 4.90 Å². The average Bonchev–Trinajstić information content (AvgIpc) is 3.28. The molecular formula is C25H16Cl3N3O2. The van der Waals surface area contributed by atoms with E-state index in [1.807, 2.05) is 36.5 Å². The van der Waals surface area contributed by atoms with Crippen molar-refractivity contribution in [3.8, 4) is 0 Å². The Kier molecular flexibility index (Phi) is 5.62. The highest BCUT2D eigenvalue weighted by molar-refractivity contribution is 6.35. The minimum absolute atomic E-state index is 0.197. The highest BCUT2D eigenvalue weighted by atomic mass is 35.5. The largest absolute Gasteiger partial charge is 0.342 e. The van der Waals surface area contributed by atoms with Gasteiger partial charge < -0.3 is 9.88 Å². The number of carbonyl (C=O) groups is 2. The number of aromatic nitrogens is 1. The van der Waals surface area contributed by atoms with Gasteiger partial charge in [-0.25, -0.2) is 9.69 Å². The van der Waals surface area contributed by atoms with Gasteiger partial charge in [0.2, 0.25) is 0 Å². The van der Waals surface area contributed by atoms with E-state index in [9.17, 15) is 9.59 Å². The van der Waals surface area contributed by atoms with Crippen LogP contribution in [0.15, 0.2) is 78.6 Å². The van der Waals surface area contributed by atoms with Crippen molar-refractivity contribution in [3.63, 3.8) is 0 Å². The van der Waals surface area contributed by atoms with Crippen LogP contribution >= 0.6 is 34.8 Å². The van der Waals surface area contributed by atoms with Gasteiger partial charge >= 0.3 is 6.03 Å². The van der Waals surface area contributed by atoms with Crippen LogP contribution in [-0.4, -0.2) is 16.5 Å². The lowest BCUT2D eigenvalue weighted by atomic mass is 10.1. The summed E-state index contributed by atoms with van der Waals surface area (Å²) in [6.07, 6.45) is 3.63. The van der Waals surface area contributed by atoms with Gasteiger partial charge in [0, 0.05) is 44.3 Å². The first kappa shape index (κ1) is 21.6. The van der Waals surface area contributed by atoms with Crippen LogP contribution in [0.1, 0.15) is 11.1 Å². The molecule has 0 unspecified atom stereocenters. The van der Waals surface area contributed by atoms with E-state index < -0.39 is 11.9 Å². The summed E-state index contributed by atoms with van der Waals surface area (Å²) in [4.78, 5) is 26.6. The lowest BCUT2D eigenvalue weighted by Crippen LogP contribution is -2.30. The molecule has 164 valence electrons. The number of rotatable bonds is 4. The molecule has 0 aliphatic carbocycles. The fourth-order valence-corrected chi connectivity index (χ4v) is 4.46. The normalized spacial score (nSPS) is 15.0. The summed E-state index contributed by atoms with van der Waals surface area (Å²) in [7, 11) is 0. The van der Waals surface area contributed by atoms with Gasteiger partial charge in [0.1, 0.15) is 5.70 Å². The SMILES string of the molecule is O=C1N/C(=C/c2cn(Cc3ccc(Cl)cc3Cl)c3ccccc23)C(=O)N1c1ccc(Cl)cc1. The molecule has 5 rings (SSSR count). The van der Waals surface area contributed by atoms with Gasteiger partial charge in [-0.3, -0.25) is 4.79 Å². The average molecular weight is 497 g/mol. The van der Waals surface area contributed by atoms with Gasteiger partial charge in [-0.15, -0.1) is 0 Å². The van der Waals surface area contributed by atoms with Crippen LogP contribution in [0, 0.1) is 0 Å². The van der Waals surface area contributed by atoms with Crippen molar-refractivity contribution in [1.29, 1.82) is 0 Å². The summed E-state index contributed by atoms with van der Waals surface area (Å²) in [5, 5.41) is 5.30. The minimum Gasteiger partial charge on any atom is -0.342 e. The monoisotopic (exact) mass is 495 g/mol. The van der Waals surface area contributed by atoms with E-state index in [0.29, 0.717) is 27.3 Å². The number of nitrogens with zero attached hydrogens (tertiary/aromatic N) is 2. The summed E-state index contributed by atoms with van der Waals surface area (Å²) < 4.78 is 2.05. The maximum Gasteiger partial charge on any atom is 0.333 e. The number of imide groups is 1. The molecule has 3 amide bonds. The van der Waals surface area contributed by atoms with Crippen LogP contribution in [0.2, 0.25) is 15.1 Å². The molecule has 4 aromatic rings. The molecule has 1 saturated heterocycles. The third kappa shape index (κ3) is 4.11. The third-order valence-corrected chi connectivity index (χ3v) is 6.28. The number of fused-ring (bicyclic) bond motifs is 1. The summed E-state index contributed by atoms with van der Waals surface area (Å²) >= 11 is 18.3. The highest BCUT2D eigenvalue weighted by Crippen LogP contribution is 2.29. The van der Waals surface area contributed by atoms with E-state index in [-0.39, 0.29) is 5.70 Å². The Labute approximate surface area is 204 Å². The molecule has 0 bridgehead atoms. The quantitative estimate of drug-likeness (QED) is 0.251. The summed E-state index contributed by atoms with van der Waals surface area (Å²) in [5.41, 5.74) is 3.34. The summed E-state index contributed by atoms with van der Waals surface area (Å²) in [6.45, 7) is 0.525. The van der Waals surface area contributed by atoms with Crippen LogP contribution in [-0.2, 0) is 11.3 Å². The van der Waals surface area contributed by atoms with E-state index in [1.54, 1.807) is 42.5 Å². The molecule has 0 saturated carbocycles. The van der Waals surface area contributed by atoms with E-state index in [4.69, 9.17) is 34.8 Å². The maximum atomic E-state index is 13.0. The Bertz CT molecular complexity index is 1440. The fourth-order valence-electron chi connectivity index (χ4n) is 3.87. The number of para-hydroxylation sites is 1. The second-order valence-corrected chi connectivity index (χ2v) is 8.85. The smallest absolute Gasteiger partial charge is 0.333 e. The van der Waals surface area contributed by atoms with E-state index in [0.717, 1.165) is 26.9 Å². The van der Waals surface area contributed by atoms with Crippen LogP contribution < -0.4 is 10.2 Å². The molecule has 0 spiro atoms. The maximum absolute atomic E-state index is 13.0. The number of nitrogens with one attached hydrogen (secondary N) is 1. The molecule has 5 nitrogen and oxygen atoms in total. The van der Waals surface area contributed by atoms with Crippen LogP contribution in [0.25, 0.3) is 17.0 Å². The van der Waals surface area contributed by atoms with Crippen molar-refractivity contribution in [3.05, 3.63) is 105 Å². The van der Waals surface area contributed by atoms with Crippen molar-refractivity contribution in [2.24, 2.45) is 0 Å². The van der Waals surface area contributed by atoms with E-state index in [2.05, 4.69) is 9.88 Å². The molecular weight excluding hydrogens is 481 g/mol. The van der Waals surface area contributed by atoms with Gasteiger partial charge in [0.05, 0.1) is 5.69 Å². The number of amides is 3. The Morgan fingerprint density at radius 1 is 0.879 bits per heavy atom. The number of hydrogen-bond donors (Lipinski definition) is 1. The predicted octanol–water partition coefficient (Wildman–Crippen LogP) is 6.75. The molecule has 0 atom stereocenters. The van der Waals surface area contributed by atoms with E-state index >= 15 is 0 Å². The molecule has 33 heavy (non-hydrogen) atoms. The lowest BCUT2D eigenvalue weighted by Gasteiger charge is -2.11. The zero-order valence-electron chi connectivity index (χ0n) is 17.1. The molecule has 1 aromatic heterocycles. The molecule has 1 aliphatic rings. The number of benzene rings is 3. The standard InChI is InChI=1S/C25H16Cl3N3O2/c26-17-7-9-19(10-8-17)31-24(32)22(29-25(31)33)11-16-14-30(23-4-2-1-3-20(16)23)13-15-5-6-18(27)12-21(15)28/h1-12,14H,13H2,(H,29,33)/b22-11+. The third-order valence-electron chi connectivity index (χ3n) is 5.44. The zero-order chi connectivity index (χ0) is 23.1. The van der Waals surface area contributed by atoms with Crippen LogP contribution in [0.4, 0.5) is 10.5 Å². The first-order valence-corrected chi connectivity index (χ1v) is 11.2. The number of anilines is 1. The van der Waals surface area contributed by atoms with Crippen molar-refractivity contribution in [1.82, 2.24) is 9.88 Å². The Morgan fingerprint density at radius 3 is 2.36 bits per heavy atom. The molecule has 3 aromatic carbocycles. The molecule has 2 heterocycles. The number of carbonyl (C=O) groups excluding carboxylic acids is 2. The van der Waals surface area contributed by atoms with Gasteiger partial charge in [0.15, 0.2) is 0 Å². The Balaban J connectivity index is 1.52. The highest BCUT2D eigenvalue weighted by Gasteiger charge is 2.35. The first-order valence-electron chi connectivity index (χ1n) is 10.1. The number of hydrogen-bond acceptors (Lipinski definition) is 2. The summed E-state index contributed by atoms with van der Waals surface area (Å²) in [5.74, 6) is -0.431. The number of halogens is 3. The number of urea groups is 1. The second-order valence-electron chi connectivity index (χ2n) is 7.57. The molecule has 1 N–H and O–H groups in total. The van der Waals surface area contributed by atoms with Crippen LogP contribution in [0.5, 0.6) is 0 Å². The summed E-state index contributed by atoms with van der Waals surface area (Å²) in [6, 6.07) is 19.3. The van der Waals surface area contributed by atoms with Gasteiger partial charge in [0.25, 0.3) is 5.91 Å². The molecule has 0 radical (unpaired) electrons.